The summed E-state index contributed by atoms with van der Waals surface area (Å²) < 4.78 is 13.9. The van der Waals surface area contributed by atoms with Gasteiger partial charge in [0.05, 0.1) is 6.54 Å². The van der Waals surface area contributed by atoms with E-state index in [1.54, 1.807) is 6.07 Å². The van der Waals surface area contributed by atoms with Gasteiger partial charge in [-0.05, 0) is 74.9 Å². The second-order valence-electron chi connectivity index (χ2n) is 7.96. The first-order chi connectivity index (χ1) is 13.1. The maximum absolute atomic E-state index is 13.9. The molecule has 1 unspecified atom stereocenters. The molecule has 2 aromatic carbocycles. The fourth-order valence-electron chi connectivity index (χ4n) is 4.54. The summed E-state index contributed by atoms with van der Waals surface area (Å²) in [5, 5.41) is 0. The van der Waals surface area contributed by atoms with E-state index >= 15 is 0 Å². The molecule has 2 aliphatic heterocycles. The topological polar surface area (TPSA) is 23.6 Å². The van der Waals surface area contributed by atoms with Crippen molar-refractivity contribution in [2.75, 3.05) is 24.5 Å². The van der Waals surface area contributed by atoms with Crippen molar-refractivity contribution in [1.29, 1.82) is 0 Å². The number of hydrogen-bond acceptors (Lipinski definition) is 2. The first-order valence-corrected chi connectivity index (χ1v) is 9.97. The fourth-order valence-corrected chi connectivity index (χ4v) is 4.54. The molecular weight excluding hydrogens is 339 g/mol. The van der Waals surface area contributed by atoms with E-state index in [9.17, 15) is 9.18 Å². The van der Waals surface area contributed by atoms with Crippen LogP contribution in [0.4, 0.5) is 10.1 Å². The number of carbonyl (C=O) groups excluding carboxylic acids is 1. The van der Waals surface area contributed by atoms with Gasteiger partial charge in [0.15, 0.2) is 0 Å². The lowest BCUT2D eigenvalue weighted by molar-refractivity contribution is -0.120. The molecule has 3 nitrogen and oxygen atoms in total. The molecule has 2 aromatic rings. The molecule has 1 saturated heterocycles. The summed E-state index contributed by atoms with van der Waals surface area (Å²) in [5.74, 6) is 0.594. The predicted molar refractivity (Wildman–Crippen MR) is 106 cm³/mol. The number of para-hydroxylation sites is 1. The number of benzene rings is 2. The molecule has 2 aliphatic rings. The van der Waals surface area contributed by atoms with Crippen molar-refractivity contribution in [3.8, 4) is 0 Å². The minimum Gasteiger partial charge on any atom is -0.308 e. The van der Waals surface area contributed by atoms with Crippen LogP contribution in [0.1, 0.15) is 30.9 Å². The van der Waals surface area contributed by atoms with Crippen LogP contribution in [0, 0.1) is 11.7 Å². The van der Waals surface area contributed by atoms with Gasteiger partial charge in [-0.3, -0.25) is 9.69 Å². The summed E-state index contributed by atoms with van der Waals surface area (Å²) in [4.78, 5) is 17.2. The minimum absolute atomic E-state index is 0.100. The largest absolute Gasteiger partial charge is 0.308 e. The zero-order valence-electron chi connectivity index (χ0n) is 15.9. The van der Waals surface area contributed by atoms with Gasteiger partial charge in [0.25, 0.3) is 0 Å². The van der Waals surface area contributed by atoms with Crippen molar-refractivity contribution >= 4 is 11.6 Å². The average molecular weight is 366 g/mol. The van der Waals surface area contributed by atoms with E-state index in [1.807, 2.05) is 29.2 Å². The van der Waals surface area contributed by atoms with E-state index in [4.69, 9.17) is 0 Å². The van der Waals surface area contributed by atoms with Gasteiger partial charge in [-0.15, -0.1) is 0 Å². The van der Waals surface area contributed by atoms with E-state index in [-0.39, 0.29) is 17.8 Å². The van der Waals surface area contributed by atoms with Crippen molar-refractivity contribution in [2.45, 2.75) is 38.6 Å². The van der Waals surface area contributed by atoms with Crippen molar-refractivity contribution < 1.29 is 9.18 Å². The van der Waals surface area contributed by atoms with Crippen LogP contribution in [0.5, 0.6) is 0 Å². The van der Waals surface area contributed by atoms with E-state index in [2.05, 4.69) is 24.0 Å². The second-order valence-corrected chi connectivity index (χ2v) is 7.96. The van der Waals surface area contributed by atoms with Crippen LogP contribution in [0.2, 0.25) is 0 Å². The van der Waals surface area contributed by atoms with Gasteiger partial charge in [0.2, 0.25) is 5.91 Å². The highest BCUT2D eigenvalue weighted by Gasteiger charge is 2.32. The van der Waals surface area contributed by atoms with Gasteiger partial charge in [-0.1, -0.05) is 36.4 Å². The summed E-state index contributed by atoms with van der Waals surface area (Å²) in [5.41, 5.74) is 3.15. The molecule has 0 spiro atoms. The van der Waals surface area contributed by atoms with Gasteiger partial charge >= 0.3 is 0 Å². The fraction of sp³-hybridized carbons (Fsp3) is 0.435. The highest BCUT2D eigenvalue weighted by molar-refractivity contribution is 5.97. The van der Waals surface area contributed by atoms with Crippen molar-refractivity contribution in [1.82, 2.24) is 4.90 Å². The molecule has 1 amide bonds. The number of carbonyl (C=O) groups is 1. The third-order valence-corrected chi connectivity index (χ3v) is 6.01. The highest BCUT2D eigenvalue weighted by atomic mass is 19.1. The Labute approximate surface area is 160 Å². The number of piperidine rings is 1. The summed E-state index contributed by atoms with van der Waals surface area (Å²) in [7, 11) is 0. The second kappa shape index (κ2) is 7.81. The quantitative estimate of drug-likeness (QED) is 0.815. The van der Waals surface area contributed by atoms with Gasteiger partial charge in [-0.2, -0.15) is 0 Å². The SMILES string of the molecule is CC1Cc2ccccc2N1C(=O)CN1CCC(Cc2ccccc2F)CC1. The molecule has 1 atom stereocenters. The summed E-state index contributed by atoms with van der Waals surface area (Å²) in [6, 6.07) is 15.5. The molecule has 0 bridgehead atoms. The van der Waals surface area contributed by atoms with Crippen molar-refractivity contribution in [2.24, 2.45) is 5.92 Å². The van der Waals surface area contributed by atoms with Crippen LogP contribution >= 0.6 is 0 Å². The van der Waals surface area contributed by atoms with Crippen LogP contribution in [0.15, 0.2) is 48.5 Å². The molecule has 0 aromatic heterocycles. The minimum atomic E-state index is -0.100. The number of hydrogen-bond donors (Lipinski definition) is 0. The van der Waals surface area contributed by atoms with Gasteiger partial charge in [0, 0.05) is 11.7 Å². The normalized spacial score (nSPS) is 20.7. The molecule has 4 rings (SSSR count). The van der Waals surface area contributed by atoms with Gasteiger partial charge in [-0.25, -0.2) is 4.39 Å². The molecule has 0 saturated carbocycles. The zero-order valence-corrected chi connectivity index (χ0v) is 15.9. The van der Waals surface area contributed by atoms with Crippen molar-refractivity contribution in [3.63, 3.8) is 0 Å². The predicted octanol–water partition coefficient (Wildman–Crippen LogP) is 4.06. The molecular formula is C23H27FN2O. The number of anilines is 1. The highest BCUT2D eigenvalue weighted by Crippen LogP contribution is 2.32. The molecule has 27 heavy (non-hydrogen) atoms. The number of nitrogens with zero attached hydrogens (tertiary/aromatic N) is 2. The Balaban J connectivity index is 1.32. The lowest BCUT2D eigenvalue weighted by atomic mass is 9.90. The molecule has 4 heteroatoms. The van der Waals surface area contributed by atoms with Crippen LogP contribution in [0.25, 0.3) is 0 Å². The lowest BCUT2D eigenvalue weighted by Gasteiger charge is -2.33. The third-order valence-electron chi connectivity index (χ3n) is 6.01. The first kappa shape index (κ1) is 18.2. The molecule has 142 valence electrons. The Hall–Kier alpha value is -2.20. The Morgan fingerprint density at radius 1 is 1.07 bits per heavy atom. The number of fused-ring (bicyclic) bond motifs is 1. The maximum atomic E-state index is 13.9. The van der Waals surface area contributed by atoms with Crippen LogP contribution in [-0.4, -0.2) is 36.5 Å². The molecule has 0 aliphatic carbocycles. The molecule has 0 radical (unpaired) electrons. The Kier molecular flexibility index (Phi) is 5.26. The first-order valence-electron chi connectivity index (χ1n) is 9.97. The van der Waals surface area contributed by atoms with Gasteiger partial charge < -0.3 is 4.90 Å². The number of likely N-dealkylation sites (tertiary alicyclic amines) is 1. The Bertz CT molecular complexity index is 814. The monoisotopic (exact) mass is 366 g/mol. The van der Waals surface area contributed by atoms with E-state index in [0.717, 1.165) is 50.0 Å². The smallest absolute Gasteiger partial charge is 0.241 e. The Morgan fingerprint density at radius 3 is 2.56 bits per heavy atom. The average Bonchev–Trinajstić information content (AvgIpc) is 3.01. The maximum Gasteiger partial charge on any atom is 0.241 e. The van der Waals surface area contributed by atoms with E-state index < -0.39 is 0 Å². The molecule has 0 N–H and O–H groups in total. The molecule has 1 fully saturated rings. The zero-order chi connectivity index (χ0) is 18.8. The summed E-state index contributed by atoms with van der Waals surface area (Å²) in [6.07, 6.45) is 3.78. The van der Waals surface area contributed by atoms with E-state index in [1.165, 1.54) is 11.6 Å². The number of halogens is 1. The number of rotatable bonds is 4. The molecule has 2 heterocycles. The van der Waals surface area contributed by atoms with E-state index in [0.29, 0.717) is 12.5 Å². The lowest BCUT2D eigenvalue weighted by Crippen LogP contribution is -2.45. The number of amides is 1. The third kappa shape index (κ3) is 3.91. The standard InChI is InChI=1S/C23H27FN2O/c1-17-14-20-7-3-5-9-22(20)26(17)23(27)16-25-12-10-18(11-13-25)15-19-6-2-4-8-21(19)24/h2-9,17-18H,10-16H2,1H3. The summed E-state index contributed by atoms with van der Waals surface area (Å²) in [6.45, 7) is 4.42. The Morgan fingerprint density at radius 2 is 1.78 bits per heavy atom. The van der Waals surface area contributed by atoms with Crippen LogP contribution in [-0.2, 0) is 17.6 Å². The van der Waals surface area contributed by atoms with Crippen LogP contribution in [0.3, 0.4) is 0 Å². The summed E-state index contributed by atoms with van der Waals surface area (Å²) >= 11 is 0. The van der Waals surface area contributed by atoms with Crippen molar-refractivity contribution in [3.05, 3.63) is 65.5 Å². The van der Waals surface area contributed by atoms with Crippen LogP contribution < -0.4 is 4.90 Å². The van der Waals surface area contributed by atoms with Gasteiger partial charge in [0.1, 0.15) is 5.82 Å².